The molecule has 1 aliphatic carbocycles. The lowest BCUT2D eigenvalue weighted by Gasteiger charge is -2.12. The Kier molecular flexibility index (Phi) is 8.68. The van der Waals surface area contributed by atoms with E-state index in [-0.39, 0.29) is 24.0 Å². The molecule has 1 aliphatic rings. The van der Waals surface area contributed by atoms with E-state index in [2.05, 4.69) is 46.8 Å². The molecule has 1 aromatic rings. The fourth-order valence-corrected chi connectivity index (χ4v) is 2.00. The Hall–Kier alpha value is -0.820. The van der Waals surface area contributed by atoms with Crippen LogP contribution < -0.4 is 10.6 Å². The van der Waals surface area contributed by atoms with E-state index >= 15 is 0 Å². The van der Waals surface area contributed by atoms with Crippen molar-refractivity contribution in [2.45, 2.75) is 26.3 Å². The van der Waals surface area contributed by atoms with E-state index in [1.54, 1.807) is 7.05 Å². The van der Waals surface area contributed by atoms with Gasteiger partial charge < -0.3 is 15.4 Å². The fourth-order valence-electron chi connectivity index (χ4n) is 2.00. The van der Waals surface area contributed by atoms with E-state index in [0.29, 0.717) is 0 Å². The summed E-state index contributed by atoms with van der Waals surface area (Å²) in [4.78, 5) is 4.21. The van der Waals surface area contributed by atoms with E-state index in [9.17, 15) is 0 Å². The molecule has 1 aromatic carbocycles. The average Bonchev–Trinajstić information content (AvgIpc) is 3.26. The van der Waals surface area contributed by atoms with Gasteiger partial charge in [0.1, 0.15) is 0 Å². The van der Waals surface area contributed by atoms with Crippen molar-refractivity contribution < 1.29 is 4.74 Å². The molecule has 0 aliphatic heterocycles. The van der Waals surface area contributed by atoms with E-state index in [1.165, 1.54) is 24.0 Å². The van der Waals surface area contributed by atoms with Crippen LogP contribution in [-0.4, -0.2) is 32.8 Å². The summed E-state index contributed by atoms with van der Waals surface area (Å²) in [6.07, 6.45) is 2.68. The van der Waals surface area contributed by atoms with Crippen molar-refractivity contribution in [1.29, 1.82) is 0 Å². The maximum Gasteiger partial charge on any atom is 0.191 e. The number of nitrogens with one attached hydrogen (secondary N) is 2. The summed E-state index contributed by atoms with van der Waals surface area (Å²) in [6, 6.07) is 8.48. The molecular formula is C16H26IN3O. The molecule has 21 heavy (non-hydrogen) atoms. The molecular weight excluding hydrogens is 377 g/mol. The van der Waals surface area contributed by atoms with E-state index in [4.69, 9.17) is 4.74 Å². The molecule has 5 heteroatoms. The summed E-state index contributed by atoms with van der Waals surface area (Å²) in [7, 11) is 1.79. The normalized spacial score (nSPS) is 14.5. The molecule has 0 radical (unpaired) electrons. The number of hydrogen-bond donors (Lipinski definition) is 2. The molecule has 0 saturated heterocycles. The summed E-state index contributed by atoms with van der Waals surface area (Å²) < 4.78 is 5.59. The number of benzene rings is 1. The SMILES string of the molecule is CN=C(NCCOCC1CC1)NCc1cccc(C)c1.I. The van der Waals surface area contributed by atoms with Crippen LogP contribution in [0.1, 0.15) is 24.0 Å². The van der Waals surface area contributed by atoms with Crippen molar-refractivity contribution in [1.82, 2.24) is 10.6 Å². The third kappa shape index (κ3) is 7.66. The van der Waals surface area contributed by atoms with Gasteiger partial charge in [-0.2, -0.15) is 0 Å². The molecule has 0 atom stereocenters. The van der Waals surface area contributed by atoms with Gasteiger partial charge in [-0.25, -0.2) is 0 Å². The zero-order valence-electron chi connectivity index (χ0n) is 12.9. The van der Waals surface area contributed by atoms with Gasteiger partial charge in [-0.3, -0.25) is 4.99 Å². The second kappa shape index (κ2) is 10.00. The average molecular weight is 403 g/mol. The van der Waals surface area contributed by atoms with Crippen molar-refractivity contribution in [3.63, 3.8) is 0 Å². The highest BCUT2D eigenvalue weighted by Crippen LogP contribution is 2.28. The van der Waals surface area contributed by atoms with Gasteiger partial charge in [0.05, 0.1) is 6.61 Å². The van der Waals surface area contributed by atoms with Crippen LogP contribution >= 0.6 is 24.0 Å². The minimum absolute atomic E-state index is 0. The summed E-state index contributed by atoms with van der Waals surface area (Å²) in [5, 5.41) is 6.57. The first-order valence-corrected chi connectivity index (χ1v) is 7.35. The second-order valence-electron chi connectivity index (χ2n) is 5.36. The molecule has 118 valence electrons. The summed E-state index contributed by atoms with van der Waals surface area (Å²) in [5.74, 6) is 1.65. The molecule has 0 aromatic heterocycles. The van der Waals surface area contributed by atoms with Crippen LogP contribution in [0.25, 0.3) is 0 Å². The van der Waals surface area contributed by atoms with Gasteiger partial charge in [-0.15, -0.1) is 24.0 Å². The number of rotatable bonds is 7. The number of guanidine groups is 1. The monoisotopic (exact) mass is 403 g/mol. The lowest BCUT2D eigenvalue weighted by molar-refractivity contribution is 0.129. The molecule has 0 bridgehead atoms. The zero-order valence-corrected chi connectivity index (χ0v) is 15.2. The first-order valence-electron chi connectivity index (χ1n) is 7.35. The van der Waals surface area contributed by atoms with Gasteiger partial charge in [-0.05, 0) is 31.2 Å². The number of halogens is 1. The van der Waals surface area contributed by atoms with E-state index in [0.717, 1.165) is 38.2 Å². The molecule has 1 saturated carbocycles. The highest BCUT2D eigenvalue weighted by molar-refractivity contribution is 14.0. The Labute approximate surface area is 144 Å². The Morgan fingerprint density at radius 3 is 2.81 bits per heavy atom. The van der Waals surface area contributed by atoms with Crippen molar-refractivity contribution >= 4 is 29.9 Å². The van der Waals surface area contributed by atoms with Gasteiger partial charge in [0.2, 0.25) is 0 Å². The summed E-state index contributed by atoms with van der Waals surface area (Å²) in [5.41, 5.74) is 2.54. The number of ether oxygens (including phenoxy) is 1. The van der Waals surface area contributed by atoms with Crippen LogP contribution in [0.4, 0.5) is 0 Å². The summed E-state index contributed by atoms with van der Waals surface area (Å²) in [6.45, 7) is 5.33. The Bertz CT molecular complexity index is 447. The Morgan fingerprint density at radius 1 is 1.33 bits per heavy atom. The van der Waals surface area contributed by atoms with Gasteiger partial charge in [-0.1, -0.05) is 29.8 Å². The lowest BCUT2D eigenvalue weighted by atomic mass is 10.1. The Morgan fingerprint density at radius 2 is 2.14 bits per heavy atom. The van der Waals surface area contributed by atoms with Crippen LogP contribution in [0.2, 0.25) is 0 Å². The van der Waals surface area contributed by atoms with Gasteiger partial charge in [0.25, 0.3) is 0 Å². The van der Waals surface area contributed by atoms with Crippen molar-refractivity contribution in [3.05, 3.63) is 35.4 Å². The standard InChI is InChI=1S/C16H25N3O.HI/c1-13-4-3-5-15(10-13)11-19-16(17-2)18-8-9-20-12-14-6-7-14;/h3-5,10,14H,6-9,11-12H2,1-2H3,(H2,17,18,19);1H. The zero-order chi connectivity index (χ0) is 14.2. The van der Waals surface area contributed by atoms with Crippen molar-refractivity contribution in [2.24, 2.45) is 10.9 Å². The molecule has 2 N–H and O–H groups in total. The summed E-state index contributed by atoms with van der Waals surface area (Å²) >= 11 is 0. The maximum atomic E-state index is 5.59. The third-order valence-electron chi connectivity index (χ3n) is 3.36. The van der Waals surface area contributed by atoms with Crippen LogP contribution in [0.3, 0.4) is 0 Å². The minimum Gasteiger partial charge on any atom is -0.379 e. The topological polar surface area (TPSA) is 45.7 Å². The molecule has 0 spiro atoms. The van der Waals surface area contributed by atoms with Crippen LogP contribution in [0.5, 0.6) is 0 Å². The maximum absolute atomic E-state index is 5.59. The second-order valence-corrected chi connectivity index (χ2v) is 5.36. The largest absolute Gasteiger partial charge is 0.379 e. The first-order chi connectivity index (χ1) is 9.78. The van der Waals surface area contributed by atoms with Crippen LogP contribution in [-0.2, 0) is 11.3 Å². The molecule has 0 unspecified atom stereocenters. The lowest BCUT2D eigenvalue weighted by Crippen LogP contribution is -2.38. The first kappa shape index (κ1) is 18.2. The van der Waals surface area contributed by atoms with E-state index < -0.39 is 0 Å². The quantitative estimate of drug-likeness (QED) is 0.319. The third-order valence-corrected chi connectivity index (χ3v) is 3.36. The van der Waals surface area contributed by atoms with Crippen molar-refractivity contribution in [2.75, 3.05) is 26.8 Å². The predicted octanol–water partition coefficient (Wildman–Crippen LogP) is 2.70. The van der Waals surface area contributed by atoms with E-state index in [1.807, 2.05) is 0 Å². The van der Waals surface area contributed by atoms with Crippen LogP contribution in [0, 0.1) is 12.8 Å². The number of hydrogen-bond acceptors (Lipinski definition) is 2. The number of aliphatic imine (C=N–C) groups is 1. The van der Waals surface area contributed by atoms with Crippen LogP contribution in [0.15, 0.2) is 29.3 Å². The van der Waals surface area contributed by atoms with Gasteiger partial charge >= 0.3 is 0 Å². The highest BCUT2D eigenvalue weighted by atomic mass is 127. The number of aryl methyl sites for hydroxylation is 1. The molecule has 1 fully saturated rings. The highest BCUT2D eigenvalue weighted by Gasteiger charge is 2.20. The van der Waals surface area contributed by atoms with Gasteiger partial charge in [0, 0.05) is 26.7 Å². The predicted molar refractivity (Wildman–Crippen MR) is 98.3 cm³/mol. The number of nitrogens with zero attached hydrogens (tertiary/aromatic N) is 1. The minimum atomic E-state index is 0. The molecule has 4 nitrogen and oxygen atoms in total. The molecule has 0 amide bonds. The fraction of sp³-hybridized carbons (Fsp3) is 0.562. The van der Waals surface area contributed by atoms with Gasteiger partial charge in [0.15, 0.2) is 5.96 Å². The molecule has 2 rings (SSSR count). The smallest absolute Gasteiger partial charge is 0.191 e. The molecule has 0 heterocycles. The Balaban J connectivity index is 0.00000220. The van der Waals surface area contributed by atoms with Crippen molar-refractivity contribution in [3.8, 4) is 0 Å².